The molecule has 0 bridgehead atoms. The number of benzene rings is 2. The van der Waals surface area contributed by atoms with E-state index in [2.05, 4.69) is 77.8 Å². The Hall–Kier alpha value is -1.24. The monoisotopic (exact) mass is 460 g/mol. The van der Waals surface area contributed by atoms with Crippen LogP contribution in [0.25, 0.3) is 0 Å². The van der Waals surface area contributed by atoms with Crippen molar-refractivity contribution >= 4 is 24.0 Å². The molecule has 0 atom stereocenters. The molecule has 0 saturated heterocycles. The molecule has 0 N–H and O–H groups in total. The molecule has 1 heterocycles. The van der Waals surface area contributed by atoms with E-state index >= 15 is 0 Å². The fraction of sp³-hybridized carbons (Fsp3) is 0. The number of pyridine rings is 1. The maximum Gasteiger partial charge on any atom is 0.0720 e. The van der Waals surface area contributed by atoms with Crippen molar-refractivity contribution in [2.24, 2.45) is 0 Å². The molecule has 0 aliphatic rings. The van der Waals surface area contributed by atoms with Crippen LogP contribution in [0, 0.1) is 0 Å². The molecule has 3 rings (SSSR count). The number of nitrogens with zero attached hydrogens (tertiary/aromatic N) is 1. The van der Waals surface area contributed by atoms with Crippen LogP contribution in [0.3, 0.4) is 0 Å². The molecule has 103 valence electrons. The molecule has 0 spiro atoms. The van der Waals surface area contributed by atoms with Crippen LogP contribution >= 0.6 is 7.92 Å². The van der Waals surface area contributed by atoms with Crippen molar-refractivity contribution in [2.75, 3.05) is 0 Å². The zero-order chi connectivity index (χ0) is 12.9. The number of hydrogen-bond acceptors (Lipinski definition) is 1. The van der Waals surface area contributed by atoms with Crippen molar-refractivity contribution < 1.29 is 22.4 Å². The van der Waals surface area contributed by atoms with Gasteiger partial charge in [-0.05, 0) is 22.7 Å². The fourth-order valence-corrected chi connectivity index (χ4v) is 4.24. The maximum atomic E-state index is 4.56. The van der Waals surface area contributed by atoms with Gasteiger partial charge in [-0.15, -0.1) is 0 Å². The molecule has 0 amide bonds. The van der Waals surface area contributed by atoms with Crippen molar-refractivity contribution in [2.45, 2.75) is 0 Å². The Morgan fingerprint density at radius 2 is 1.10 bits per heavy atom. The molecule has 1 nitrogen and oxygen atoms in total. The summed E-state index contributed by atoms with van der Waals surface area (Å²) in [5.74, 6) is 0. The molecular weight excluding hydrogens is 446 g/mol. The maximum absolute atomic E-state index is 4.56. The van der Waals surface area contributed by atoms with Gasteiger partial charge in [0.2, 0.25) is 0 Å². The summed E-state index contributed by atoms with van der Waals surface area (Å²) in [5.41, 5.74) is 1.15. The topological polar surface area (TPSA) is 12.9 Å². The minimum atomic E-state index is -0.557. The van der Waals surface area contributed by atoms with Crippen LogP contribution in [-0.4, -0.2) is 4.98 Å². The Bertz CT molecular complexity index is 535. The summed E-state index contributed by atoms with van der Waals surface area (Å²) in [6.45, 7) is 0. The largest absolute Gasteiger partial charge is 0.256 e. The van der Waals surface area contributed by atoms with Crippen LogP contribution in [0.1, 0.15) is 0 Å². The Kier molecular flexibility index (Phi) is 5.70. The molecule has 0 fully saturated rings. The summed E-state index contributed by atoms with van der Waals surface area (Å²) in [4.78, 5) is 4.56. The molecule has 3 aromatic rings. The summed E-state index contributed by atoms with van der Waals surface area (Å²) >= 11 is 0. The van der Waals surface area contributed by atoms with E-state index in [0.29, 0.717) is 0 Å². The minimum Gasteiger partial charge on any atom is -0.256 e. The van der Waals surface area contributed by atoms with Crippen molar-refractivity contribution in [3.05, 3.63) is 85.1 Å². The van der Waals surface area contributed by atoms with E-state index in [1.165, 1.54) is 10.6 Å². The zero-order valence-corrected chi connectivity index (χ0v) is 13.8. The Morgan fingerprint density at radius 3 is 1.55 bits per heavy atom. The molecule has 1 aromatic heterocycles. The standard InChI is InChI=1S/C17H14NP.Au/c1-3-9-15(10-4-1)19(16-11-5-2-6-12-16)17-13-7-8-14-18-17;/h1-14H;. The van der Waals surface area contributed by atoms with Gasteiger partial charge in [-0.2, -0.15) is 0 Å². The molecule has 3 heteroatoms. The summed E-state index contributed by atoms with van der Waals surface area (Å²) in [6, 6.07) is 27.4. The summed E-state index contributed by atoms with van der Waals surface area (Å²) in [7, 11) is -0.557. The smallest absolute Gasteiger partial charge is 0.0720 e. The van der Waals surface area contributed by atoms with Crippen molar-refractivity contribution in [3.63, 3.8) is 0 Å². The summed E-state index contributed by atoms with van der Waals surface area (Å²) < 4.78 is 0. The molecule has 2 aromatic carbocycles. The van der Waals surface area contributed by atoms with Gasteiger partial charge in [0.1, 0.15) is 0 Å². The van der Waals surface area contributed by atoms with E-state index in [0.717, 1.165) is 5.44 Å². The van der Waals surface area contributed by atoms with E-state index in [-0.39, 0.29) is 22.4 Å². The molecule has 1 radical (unpaired) electrons. The third kappa shape index (κ3) is 3.45. The predicted octanol–water partition coefficient (Wildman–Crippen LogP) is 2.84. The third-order valence-electron chi connectivity index (χ3n) is 2.91. The Labute approximate surface area is 136 Å². The van der Waals surface area contributed by atoms with Crippen LogP contribution in [0.4, 0.5) is 0 Å². The van der Waals surface area contributed by atoms with Gasteiger partial charge in [0, 0.05) is 36.5 Å². The fourth-order valence-electron chi connectivity index (χ4n) is 2.05. The van der Waals surface area contributed by atoms with Crippen LogP contribution < -0.4 is 16.0 Å². The third-order valence-corrected chi connectivity index (χ3v) is 5.26. The predicted molar refractivity (Wildman–Crippen MR) is 82.9 cm³/mol. The van der Waals surface area contributed by atoms with Gasteiger partial charge in [-0.25, -0.2) is 0 Å². The average molecular weight is 460 g/mol. The van der Waals surface area contributed by atoms with Gasteiger partial charge in [-0.3, -0.25) is 4.98 Å². The van der Waals surface area contributed by atoms with Gasteiger partial charge in [0.15, 0.2) is 0 Å². The van der Waals surface area contributed by atoms with E-state index in [1.807, 2.05) is 12.3 Å². The SMILES string of the molecule is [Au].c1ccc(P(c2ccccc2)c2ccccn2)cc1. The number of rotatable bonds is 3. The average Bonchev–Trinajstić information content (AvgIpc) is 2.51. The van der Waals surface area contributed by atoms with E-state index in [9.17, 15) is 0 Å². The number of hydrogen-bond donors (Lipinski definition) is 0. The molecule has 0 aliphatic carbocycles. The van der Waals surface area contributed by atoms with Crippen LogP contribution in [0.5, 0.6) is 0 Å². The van der Waals surface area contributed by atoms with Crippen LogP contribution in [0.15, 0.2) is 85.1 Å². The van der Waals surface area contributed by atoms with Crippen molar-refractivity contribution in [3.8, 4) is 0 Å². The second kappa shape index (κ2) is 7.52. The Morgan fingerprint density at radius 1 is 0.600 bits per heavy atom. The molecule has 0 saturated carbocycles. The van der Waals surface area contributed by atoms with Crippen molar-refractivity contribution in [1.82, 2.24) is 4.98 Å². The molecular formula is C17H14AuNP. The van der Waals surface area contributed by atoms with Crippen LogP contribution in [-0.2, 0) is 22.4 Å². The van der Waals surface area contributed by atoms with Gasteiger partial charge in [0.05, 0.1) is 5.44 Å². The first-order valence-electron chi connectivity index (χ1n) is 6.26. The van der Waals surface area contributed by atoms with E-state index in [4.69, 9.17) is 0 Å². The zero-order valence-electron chi connectivity index (χ0n) is 10.8. The molecule has 20 heavy (non-hydrogen) atoms. The van der Waals surface area contributed by atoms with Crippen molar-refractivity contribution in [1.29, 1.82) is 0 Å². The first-order valence-corrected chi connectivity index (χ1v) is 7.60. The second-order valence-corrected chi connectivity index (χ2v) is 6.36. The van der Waals surface area contributed by atoms with Gasteiger partial charge in [-0.1, -0.05) is 66.7 Å². The Balaban J connectivity index is 0.00000147. The van der Waals surface area contributed by atoms with Gasteiger partial charge >= 0.3 is 0 Å². The van der Waals surface area contributed by atoms with E-state index < -0.39 is 7.92 Å². The number of aromatic nitrogens is 1. The second-order valence-electron chi connectivity index (χ2n) is 4.19. The van der Waals surface area contributed by atoms with Gasteiger partial charge < -0.3 is 0 Å². The normalized spacial score (nSPS) is 10.1. The molecule has 0 aliphatic heterocycles. The molecule has 0 unspecified atom stereocenters. The van der Waals surface area contributed by atoms with Crippen LogP contribution in [0.2, 0.25) is 0 Å². The minimum absolute atomic E-state index is 0. The first-order chi connectivity index (χ1) is 9.45. The quantitative estimate of drug-likeness (QED) is 0.433. The summed E-state index contributed by atoms with van der Waals surface area (Å²) in [5, 5.41) is 2.67. The summed E-state index contributed by atoms with van der Waals surface area (Å²) in [6.07, 6.45) is 1.87. The first kappa shape index (κ1) is 15.2. The van der Waals surface area contributed by atoms with E-state index in [1.54, 1.807) is 0 Å². The van der Waals surface area contributed by atoms with Gasteiger partial charge in [0.25, 0.3) is 0 Å².